The first-order valence-electron chi connectivity index (χ1n) is 7.47. The van der Waals surface area contributed by atoms with Crippen molar-refractivity contribution >= 4 is 11.6 Å². The second kappa shape index (κ2) is 7.06. The minimum Gasteiger partial charge on any atom is -0.370 e. The molecule has 6 heteroatoms. The SMILES string of the molecule is CCCc1nc(NCC)c(C)c(NCc2ccnn2C)n1. The van der Waals surface area contributed by atoms with Crippen LogP contribution in [0.1, 0.15) is 37.4 Å². The number of aryl methyl sites for hydroxylation is 2. The monoisotopic (exact) mass is 288 g/mol. The number of aromatic nitrogens is 4. The van der Waals surface area contributed by atoms with Crippen LogP contribution in [0, 0.1) is 6.92 Å². The molecule has 0 amide bonds. The average Bonchev–Trinajstić information content (AvgIpc) is 2.87. The van der Waals surface area contributed by atoms with Gasteiger partial charge in [0.05, 0.1) is 12.2 Å². The minimum absolute atomic E-state index is 0.700. The lowest BCUT2D eigenvalue weighted by molar-refractivity contribution is 0.719. The smallest absolute Gasteiger partial charge is 0.135 e. The van der Waals surface area contributed by atoms with Crippen molar-refractivity contribution in [2.45, 2.75) is 40.2 Å². The summed E-state index contributed by atoms with van der Waals surface area (Å²) in [7, 11) is 1.94. The number of rotatable bonds is 7. The molecule has 6 nitrogen and oxygen atoms in total. The Hall–Kier alpha value is -2.11. The molecule has 0 spiro atoms. The highest BCUT2D eigenvalue weighted by Gasteiger charge is 2.10. The fourth-order valence-corrected chi connectivity index (χ4v) is 2.16. The van der Waals surface area contributed by atoms with E-state index in [0.717, 1.165) is 48.1 Å². The van der Waals surface area contributed by atoms with Crippen LogP contribution >= 0.6 is 0 Å². The summed E-state index contributed by atoms with van der Waals surface area (Å²) in [6, 6.07) is 2.00. The molecule has 0 atom stereocenters. The van der Waals surface area contributed by atoms with Gasteiger partial charge in [-0.1, -0.05) is 6.92 Å². The van der Waals surface area contributed by atoms with Crippen LogP contribution in [0.25, 0.3) is 0 Å². The highest BCUT2D eigenvalue weighted by molar-refractivity contribution is 5.57. The first-order chi connectivity index (χ1) is 10.2. The largest absolute Gasteiger partial charge is 0.370 e. The standard InChI is InChI=1S/C15H24N6/c1-5-7-13-19-14(16-6-2)11(3)15(20-13)17-10-12-8-9-18-21(12)4/h8-9H,5-7,10H2,1-4H3,(H2,16,17,19,20). The molecule has 21 heavy (non-hydrogen) atoms. The van der Waals surface area contributed by atoms with Gasteiger partial charge in [-0.25, -0.2) is 9.97 Å². The molecule has 2 aromatic heterocycles. The molecular formula is C15H24N6. The van der Waals surface area contributed by atoms with Gasteiger partial charge in [0, 0.05) is 31.8 Å². The van der Waals surface area contributed by atoms with Gasteiger partial charge < -0.3 is 10.6 Å². The van der Waals surface area contributed by atoms with E-state index in [9.17, 15) is 0 Å². The molecule has 2 rings (SSSR count). The molecule has 0 fully saturated rings. The molecule has 0 unspecified atom stereocenters. The van der Waals surface area contributed by atoms with Gasteiger partial charge in [0.15, 0.2) is 0 Å². The van der Waals surface area contributed by atoms with Crippen LogP contribution in [0.4, 0.5) is 11.6 Å². The summed E-state index contributed by atoms with van der Waals surface area (Å²) in [6.07, 6.45) is 3.73. The van der Waals surface area contributed by atoms with Crippen molar-refractivity contribution in [2.75, 3.05) is 17.2 Å². The second-order valence-electron chi connectivity index (χ2n) is 5.04. The Morgan fingerprint density at radius 1 is 1.14 bits per heavy atom. The average molecular weight is 288 g/mol. The zero-order valence-electron chi connectivity index (χ0n) is 13.3. The quantitative estimate of drug-likeness (QED) is 0.819. The molecule has 0 bridgehead atoms. The summed E-state index contributed by atoms with van der Waals surface area (Å²) in [4.78, 5) is 9.24. The highest BCUT2D eigenvalue weighted by Crippen LogP contribution is 2.21. The normalized spacial score (nSPS) is 10.7. The molecule has 0 saturated heterocycles. The van der Waals surface area contributed by atoms with Gasteiger partial charge in [-0.3, -0.25) is 4.68 Å². The Labute approximate surface area is 126 Å². The van der Waals surface area contributed by atoms with Crippen molar-refractivity contribution in [2.24, 2.45) is 7.05 Å². The van der Waals surface area contributed by atoms with E-state index < -0.39 is 0 Å². The van der Waals surface area contributed by atoms with E-state index in [0.29, 0.717) is 6.54 Å². The van der Waals surface area contributed by atoms with Gasteiger partial charge in [-0.15, -0.1) is 0 Å². The molecule has 0 saturated carbocycles. The van der Waals surface area contributed by atoms with E-state index in [1.807, 2.05) is 24.7 Å². The number of hydrogen-bond acceptors (Lipinski definition) is 5. The maximum atomic E-state index is 4.64. The molecule has 0 aromatic carbocycles. The van der Waals surface area contributed by atoms with Gasteiger partial charge in [0.1, 0.15) is 17.5 Å². The van der Waals surface area contributed by atoms with E-state index in [1.165, 1.54) is 0 Å². The van der Waals surface area contributed by atoms with Crippen molar-refractivity contribution in [1.82, 2.24) is 19.7 Å². The third-order valence-electron chi connectivity index (χ3n) is 3.37. The van der Waals surface area contributed by atoms with Crippen molar-refractivity contribution < 1.29 is 0 Å². The van der Waals surface area contributed by atoms with Crippen LogP contribution in [0.2, 0.25) is 0 Å². The van der Waals surface area contributed by atoms with Crippen LogP contribution in [0.15, 0.2) is 12.3 Å². The molecular weight excluding hydrogens is 264 g/mol. The molecule has 2 aromatic rings. The lowest BCUT2D eigenvalue weighted by Crippen LogP contribution is -2.12. The fraction of sp³-hybridized carbons (Fsp3) is 0.533. The zero-order valence-corrected chi connectivity index (χ0v) is 13.3. The van der Waals surface area contributed by atoms with Crippen LogP contribution in [0.5, 0.6) is 0 Å². The van der Waals surface area contributed by atoms with Gasteiger partial charge >= 0.3 is 0 Å². The summed E-state index contributed by atoms with van der Waals surface area (Å²) >= 11 is 0. The number of hydrogen-bond donors (Lipinski definition) is 2. The fourth-order valence-electron chi connectivity index (χ4n) is 2.16. The Balaban J connectivity index is 2.21. The summed E-state index contributed by atoms with van der Waals surface area (Å²) in [5.74, 6) is 2.70. The third kappa shape index (κ3) is 3.71. The van der Waals surface area contributed by atoms with Crippen molar-refractivity contribution in [1.29, 1.82) is 0 Å². The van der Waals surface area contributed by atoms with Crippen LogP contribution < -0.4 is 10.6 Å². The Morgan fingerprint density at radius 2 is 1.86 bits per heavy atom. The van der Waals surface area contributed by atoms with Crippen LogP contribution in [-0.4, -0.2) is 26.3 Å². The first-order valence-corrected chi connectivity index (χ1v) is 7.47. The van der Waals surface area contributed by atoms with E-state index in [4.69, 9.17) is 0 Å². The summed E-state index contributed by atoms with van der Waals surface area (Å²) in [6.45, 7) is 7.80. The predicted molar refractivity (Wildman–Crippen MR) is 85.5 cm³/mol. The lowest BCUT2D eigenvalue weighted by Gasteiger charge is -2.14. The number of nitrogens with zero attached hydrogens (tertiary/aromatic N) is 4. The molecule has 2 N–H and O–H groups in total. The van der Waals surface area contributed by atoms with E-state index in [-0.39, 0.29) is 0 Å². The van der Waals surface area contributed by atoms with Gasteiger partial charge in [0.25, 0.3) is 0 Å². The Morgan fingerprint density at radius 3 is 2.43 bits per heavy atom. The summed E-state index contributed by atoms with van der Waals surface area (Å²) in [5.41, 5.74) is 2.17. The van der Waals surface area contributed by atoms with Gasteiger partial charge in [-0.05, 0) is 26.3 Å². The lowest BCUT2D eigenvalue weighted by atomic mass is 10.2. The Bertz CT molecular complexity index is 590. The molecule has 114 valence electrons. The van der Waals surface area contributed by atoms with Gasteiger partial charge in [0.2, 0.25) is 0 Å². The molecule has 0 aliphatic heterocycles. The summed E-state index contributed by atoms with van der Waals surface area (Å²) in [5, 5.41) is 10.9. The molecule has 0 radical (unpaired) electrons. The second-order valence-corrected chi connectivity index (χ2v) is 5.04. The summed E-state index contributed by atoms with van der Waals surface area (Å²) < 4.78 is 1.86. The topological polar surface area (TPSA) is 67.7 Å². The molecule has 0 aliphatic carbocycles. The molecule has 0 aliphatic rings. The van der Waals surface area contributed by atoms with Crippen LogP contribution in [0.3, 0.4) is 0 Å². The van der Waals surface area contributed by atoms with E-state index in [1.54, 1.807) is 6.20 Å². The van der Waals surface area contributed by atoms with E-state index >= 15 is 0 Å². The Kier molecular flexibility index (Phi) is 5.14. The van der Waals surface area contributed by atoms with Crippen LogP contribution in [-0.2, 0) is 20.0 Å². The maximum Gasteiger partial charge on any atom is 0.135 e. The van der Waals surface area contributed by atoms with Crippen molar-refractivity contribution in [3.8, 4) is 0 Å². The van der Waals surface area contributed by atoms with Crippen molar-refractivity contribution in [3.05, 3.63) is 29.3 Å². The number of nitrogens with one attached hydrogen (secondary N) is 2. The zero-order chi connectivity index (χ0) is 15.2. The highest BCUT2D eigenvalue weighted by atomic mass is 15.3. The first kappa shape index (κ1) is 15.3. The molecule has 2 heterocycles. The third-order valence-corrected chi connectivity index (χ3v) is 3.37. The maximum absolute atomic E-state index is 4.64. The van der Waals surface area contributed by atoms with E-state index in [2.05, 4.69) is 39.5 Å². The predicted octanol–water partition coefficient (Wildman–Crippen LogP) is 2.51. The van der Waals surface area contributed by atoms with Gasteiger partial charge in [-0.2, -0.15) is 5.10 Å². The van der Waals surface area contributed by atoms with Crippen molar-refractivity contribution in [3.63, 3.8) is 0 Å². The minimum atomic E-state index is 0.700. The number of anilines is 2.